The standard InChI is InChI=1S/C16H23N/c1-17-16(15-12-8-5-9-13-15)14-10-6-3-2-4-7-11-14/h5,8-10,12-13,16-17H,2-4,6-7,11H2,1H3/b14-10+. The zero-order valence-electron chi connectivity index (χ0n) is 10.8. The minimum absolute atomic E-state index is 0.411. The summed E-state index contributed by atoms with van der Waals surface area (Å²) in [6.45, 7) is 0. The van der Waals surface area contributed by atoms with Crippen molar-refractivity contribution in [1.82, 2.24) is 5.32 Å². The molecule has 92 valence electrons. The van der Waals surface area contributed by atoms with Crippen molar-refractivity contribution < 1.29 is 0 Å². The molecule has 0 heterocycles. The van der Waals surface area contributed by atoms with Crippen molar-refractivity contribution in [2.75, 3.05) is 7.05 Å². The number of hydrogen-bond donors (Lipinski definition) is 1. The largest absolute Gasteiger partial charge is 0.310 e. The van der Waals surface area contributed by atoms with Crippen molar-refractivity contribution >= 4 is 0 Å². The molecule has 0 saturated carbocycles. The van der Waals surface area contributed by atoms with Crippen LogP contribution in [0.2, 0.25) is 0 Å². The molecule has 1 aromatic rings. The average Bonchev–Trinajstić information content (AvgIpc) is 2.34. The Kier molecular flexibility index (Phi) is 4.81. The highest BCUT2D eigenvalue weighted by Crippen LogP contribution is 2.28. The van der Waals surface area contributed by atoms with Gasteiger partial charge in [-0.1, -0.05) is 54.8 Å². The van der Waals surface area contributed by atoms with E-state index >= 15 is 0 Å². The van der Waals surface area contributed by atoms with Crippen molar-refractivity contribution in [3.63, 3.8) is 0 Å². The fraction of sp³-hybridized carbons (Fsp3) is 0.500. The van der Waals surface area contributed by atoms with Gasteiger partial charge in [0.25, 0.3) is 0 Å². The first-order chi connectivity index (χ1) is 8.42. The van der Waals surface area contributed by atoms with Gasteiger partial charge in [0.15, 0.2) is 0 Å². The molecule has 1 aliphatic rings. The molecule has 1 nitrogen and oxygen atoms in total. The normalized spacial score (nSPS) is 22.1. The molecular formula is C16H23N. The maximum Gasteiger partial charge on any atom is 0.0533 e. The molecule has 1 aromatic carbocycles. The van der Waals surface area contributed by atoms with Gasteiger partial charge in [-0.3, -0.25) is 0 Å². The topological polar surface area (TPSA) is 12.0 Å². The van der Waals surface area contributed by atoms with Crippen molar-refractivity contribution in [3.8, 4) is 0 Å². The van der Waals surface area contributed by atoms with Crippen LogP contribution >= 0.6 is 0 Å². The number of rotatable bonds is 3. The predicted octanol–water partition coefficient (Wildman–Crippen LogP) is 4.23. The highest BCUT2D eigenvalue weighted by molar-refractivity contribution is 5.28. The van der Waals surface area contributed by atoms with Gasteiger partial charge < -0.3 is 5.32 Å². The molecular weight excluding hydrogens is 206 g/mol. The summed E-state index contributed by atoms with van der Waals surface area (Å²) >= 11 is 0. The molecule has 0 spiro atoms. The molecule has 0 saturated heterocycles. The summed E-state index contributed by atoms with van der Waals surface area (Å²) in [6, 6.07) is 11.2. The lowest BCUT2D eigenvalue weighted by Crippen LogP contribution is -2.19. The Hall–Kier alpha value is -1.08. The fourth-order valence-corrected chi connectivity index (χ4v) is 2.69. The quantitative estimate of drug-likeness (QED) is 0.765. The van der Waals surface area contributed by atoms with E-state index in [2.05, 4.69) is 48.8 Å². The van der Waals surface area contributed by atoms with E-state index in [9.17, 15) is 0 Å². The van der Waals surface area contributed by atoms with Crippen LogP contribution < -0.4 is 5.32 Å². The predicted molar refractivity (Wildman–Crippen MR) is 74.0 cm³/mol. The van der Waals surface area contributed by atoms with Crippen molar-refractivity contribution in [1.29, 1.82) is 0 Å². The van der Waals surface area contributed by atoms with E-state index in [1.165, 1.54) is 44.1 Å². The summed E-state index contributed by atoms with van der Waals surface area (Å²) in [4.78, 5) is 0. The minimum Gasteiger partial charge on any atom is -0.310 e. The van der Waals surface area contributed by atoms with Gasteiger partial charge in [-0.2, -0.15) is 0 Å². The zero-order chi connectivity index (χ0) is 11.9. The van der Waals surface area contributed by atoms with Gasteiger partial charge >= 0.3 is 0 Å². The number of benzene rings is 1. The Bertz CT molecular complexity index is 353. The molecule has 1 atom stereocenters. The maximum absolute atomic E-state index is 3.47. The molecule has 0 radical (unpaired) electrons. The Morgan fingerprint density at radius 3 is 2.53 bits per heavy atom. The average molecular weight is 229 g/mol. The molecule has 0 fully saturated rings. The van der Waals surface area contributed by atoms with Crippen molar-refractivity contribution in [2.24, 2.45) is 0 Å². The number of allylic oxidation sites excluding steroid dienone is 1. The maximum atomic E-state index is 3.47. The number of nitrogens with one attached hydrogen (secondary N) is 1. The van der Waals surface area contributed by atoms with Gasteiger partial charge in [-0.05, 0) is 38.3 Å². The van der Waals surface area contributed by atoms with Crippen LogP contribution in [0.4, 0.5) is 0 Å². The van der Waals surface area contributed by atoms with Gasteiger partial charge in [0.2, 0.25) is 0 Å². The molecule has 0 aromatic heterocycles. The Morgan fingerprint density at radius 2 is 1.76 bits per heavy atom. The van der Waals surface area contributed by atoms with E-state index < -0.39 is 0 Å². The lowest BCUT2D eigenvalue weighted by atomic mass is 9.91. The second-order valence-electron chi connectivity index (χ2n) is 4.86. The summed E-state index contributed by atoms with van der Waals surface area (Å²) in [7, 11) is 2.07. The lowest BCUT2D eigenvalue weighted by molar-refractivity contribution is 0.574. The molecule has 17 heavy (non-hydrogen) atoms. The molecule has 1 unspecified atom stereocenters. The van der Waals surface area contributed by atoms with Gasteiger partial charge in [0, 0.05) is 0 Å². The third kappa shape index (κ3) is 3.44. The summed E-state index contributed by atoms with van der Waals surface area (Å²) in [6.07, 6.45) is 10.5. The van der Waals surface area contributed by atoms with E-state index in [0.29, 0.717) is 6.04 Å². The smallest absolute Gasteiger partial charge is 0.0533 e. The molecule has 0 aliphatic heterocycles. The van der Waals surface area contributed by atoms with E-state index in [4.69, 9.17) is 0 Å². The van der Waals surface area contributed by atoms with Gasteiger partial charge in [-0.15, -0.1) is 0 Å². The van der Waals surface area contributed by atoms with Gasteiger partial charge in [0.1, 0.15) is 0 Å². The van der Waals surface area contributed by atoms with Crippen LogP contribution in [-0.2, 0) is 0 Å². The second kappa shape index (κ2) is 6.61. The molecule has 0 bridgehead atoms. The molecule has 1 heteroatoms. The SMILES string of the molecule is CNC(/C1=C/CCCCCC1)c1ccccc1. The van der Waals surface area contributed by atoms with Gasteiger partial charge in [0.05, 0.1) is 6.04 Å². The van der Waals surface area contributed by atoms with Crippen molar-refractivity contribution in [3.05, 3.63) is 47.5 Å². The molecule has 2 rings (SSSR count). The minimum atomic E-state index is 0.411. The summed E-state index contributed by atoms with van der Waals surface area (Å²) in [5.74, 6) is 0. The van der Waals surface area contributed by atoms with E-state index in [1.807, 2.05) is 0 Å². The molecule has 1 N–H and O–H groups in total. The lowest BCUT2D eigenvalue weighted by Gasteiger charge is -2.22. The first-order valence-electron chi connectivity index (χ1n) is 6.83. The Morgan fingerprint density at radius 1 is 1.00 bits per heavy atom. The van der Waals surface area contributed by atoms with Crippen LogP contribution in [0.5, 0.6) is 0 Å². The summed E-state index contributed by atoms with van der Waals surface area (Å²) in [5, 5.41) is 3.47. The van der Waals surface area contributed by atoms with Crippen LogP contribution in [0.3, 0.4) is 0 Å². The fourth-order valence-electron chi connectivity index (χ4n) is 2.69. The summed E-state index contributed by atoms with van der Waals surface area (Å²) < 4.78 is 0. The summed E-state index contributed by atoms with van der Waals surface area (Å²) in [5.41, 5.74) is 2.97. The first-order valence-corrected chi connectivity index (χ1v) is 6.83. The Labute approximate surface area is 105 Å². The zero-order valence-corrected chi connectivity index (χ0v) is 10.8. The van der Waals surface area contributed by atoms with Crippen molar-refractivity contribution in [2.45, 2.75) is 44.6 Å². The highest BCUT2D eigenvalue weighted by Gasteiger charge is 2.14. The number of likely N-dealkylation sites (N-methyl/N-ethyl adjacent to an activating group) is 1. The van der Waals surface area contributed by atoms with Gasteiger partial charge in [-0.25, -0.2) is 0 Å². The van der Waals surface area contributed by atoms with E-state index in [0.717, 1.165) is 0 Å². The third-order valence-corrected chi connectivity index (χ3v) is 3.62. The highest BCUT2D eigenvalue weighted by atomic mass is 14.9. The van der Waals surface area contributed by atoms with Crippen LogP contribution in [0.1, 0.15) is 50.1 Å². The molecule has 1 aliphatic carbocycles. The van der Waals surface area contributed by atoms with E-state index in [1.54, 1.807) is 5.57 Å². The Balaban J connectivity index is 2.16. The number of hydrogen-bond acceptors (Lipinski definition) is 1. The second-order valence-corrected chi connectivity index (χ2v) is 4.86. The van der Waals surface area contributed by atoms with Crippen LogP contribution in [0.25, 0.3) is 0 Å². The van der Waals surface area contributed by atoms with Crippen LogP contribution in [0, 0.1) is 0 Å². The molecule has 0 amide bonds. The van der Waals surface area contributed by atoms with Crippen LogP contribution in [-0.4, -0.2) is 7.05 Å². The third-order valence-electron chi connectivity index (χ3n) is 3.62. The first kappa shape index (κ1) is 12.4. The monoisotopic (exact) mass is 229 g/mol. The van der Waals surface area contributed by atoms with E-state index in [-0.39, 0.29) is 0 Å². The van der Waals surface area contributed by atoms with Crippen LogP contribution in [0.15, 0.2) is 42.0 Å².